The van der Waals surface area contributed by atoms with E-state index in [1.54, 1.807) is 0 Å². The SMILES string of the molecule is Cc1cc(CN)c2c(c1)CCCO2. The molecule has 0 bridgehead atoms. The zero-order valence-electron chi connectivity index (χ0n) is 7.97. The highest BCUT2D eigenvalue weighted by Gasteiger charge is 2.13. The molecular formula is C11H15NO. The van der Waals surface area contributed by atoms with Gasteiger partial charge in [0.05, 0.1) is 6.61 Å². The average Bonchev–Trinajstić information content (AvgIpc) is 2.16. The number of aryl methyl sites for hydroxylation is 2. The van der Waals surface area contributed by atoms with Crippen LogP contribution in [0.2, 0.25) is 0 Å². The maximum absolute atomic E-state index is 5.66. The van der Waals surface area contributed by atoms with Gasteiger partial charge in [-0.1, -0.05) is 17.7 Å². The van der Waals surface area contributed by atoms with Gasteiger partial charge in [0.25, 0.3) is 0 Å². The summed E-state index contributed by atoms with van der Waals surface area (Å²) >= 11 is 0. The van der Waals surface area contributed by atoms with Gasteiger partial charge in [-0.3, -0.25) is 0 Å². The molecule has 2 nitrogen and oxygen atoms in total. The molecule has 0 unspecified atom stereocenters. The molecule has 1 aromatic carbocycles. The third-order valence-electron chi connectivity index (χ3n) is 2.44. The van der Waals surface area contributed by atoms with Crippen molar-refractivity contribution in [3.63, 3.8) is 0 Å². The monoisotopic (exact) mass is 177 g/mol. The Morgan fingerprint density at radius 3 is 3.08 bits per heavy atom. The largest absolute Gasteiger partial charge is 0.493 e. The van der Waals surface area contributed by atoms with Gasteiger partial charge in [0.1, 0.15) is 5.75 Å². The standard InChI is InChI=1S/C11H15NO/c1-8-5-9-3-2-4-13-11(9)10(6-8)7-12/h5-6H,2-4,7,12H2,1H3. The molecule has 0 atom stereocenters. The zero-order chi connectivity index (χ0) is 9.26. The van der Waals surface area contributed by atoms with Crippen LogP contribution in [0.1, 0.15) is 23.1 Å². The van der Waals surface area contributed by atoms with E-state index in [0.29, 0.717) is 6.54 Å². The molecule has 70 valence electrons. The summed E-state index contributed by atoms with van der Waals surface area (Å²) in [5.74, 6) is 1.04. The van der Waals surface area contributed by atoms with E-state index >= 15 is 0 Å². The number of hydrogen-bond acceptors (Lipinski definition) is 2. The number of benzene rings is 1. The lowest BCUT2D eigenvalue weighted by Gasteiger charge is -2.20. The average molecular weight is 177 g/mol. The van der Waals surface area contributed by atoms with E-state index in [4.69, 9.17) is 10.5 Å². The van der Waals surface area contributed by atoms with E-state index in [2.05, 4.69) is 19.1 Å². The minimum Gasteiger partial charge on any atom is -0.493 e. The maximum atomic E-state index is 5.66. The lowest BCUT2D eigenvalue weighted by atomic mass is 9.99. The Morgan fingerprint density at radius 2 is 2.31 bits per heavy atom. The molecule has 0 fully saturated rings. The predicted octanol–water partition coefficient (Wildman–Crippen LogP) is 1.78. The first-order valence-electron chi connectivity index (χ1n) is 4.76. The Hall–Kier alpha value is -1.02. The van der Waals surface area contributed by atoms with Gasteiger partial charge in [-0.15, -0.1) is 0 Å². The van der Waals surface area contributed by atoms with Crippen LogP contribution in [-0.4, -0.2) is 6.61 Å². The molecular weight excluding hydrogens is 162 g/mol. The first-order chi connectivity index (χ1) is 6.31. The highest BCUT2D eigenvalue weighted by atomic mass is 16.5. The highest BCUT2D eigenvalue weighted by Crippen LogP contribution is 2.29. The topological polar surface area (TPSA) is 35.2 Å². The fourth-order valence-corrected chi connectivity index (χ4v) is 1.89. The van der Waals surface area contributed by atoms with Crippen molar-refractivity contribution >= 4 is 0 Å². The first kappa shape index (κ1) is 8.57. The van der Waals surface area contributed by atoms with Crippen molar-refractivity contribution in [1.82, 2.24) is 0 Å². The first-order valence-corrected chi connectivity index (χ1v) is 4.76. The minimum atomic E-state index is 0.573. The van der Waals surface area contributed by atoms with E-state index in [-0.39, 0.29) is 0 Å². The summed E-state index contributed by atoms with van der Waals surface area (Å²) in [7, 11) is 0. The molecule has 13 heavy (non-hydrogen) atoms. The minimum absolute atomic E-state index is 0.573. The summed E-state index contributed by atoms with van der Waals surface area (Å²) in [5, 5.41) is 0. The lowest BCUT2D eigenvalue weighted by molar-refractivity contribution is 0.285. The quantitative estimate of drug-likeness (QED) is 0.709. The van der Waals surface area contributed by atoms with E-state index in [1.165, 1.54) is 11.1 Å². The molecule has 0 spiro atoms. The van der Waals surface area contributed by atoms with Gasteiger partial charge < -0.3 is 10.5 Å². The summed E-state index contributed by atoms with van der Waals surface area (Å²) in [6, 6.07) is 4.32. The molecule has 0 radical (unpaired) electrons. The molecule has 0 saturated heterocycles. The maximum Gasteiger partial charge on any atom is 0.126 e. The van der Waals surface area contributed by atoms with Gasteiger partial charge in [-0.25, -0.2) is 0 Å². The summed E-state index contributed by atoms with van der Waals surface area (Å²) in [5.41, 5.74) is 9.42. The van der Waals surface area contributed by atoms with E-state index in [1.807, 2.05) is 0 Å². The van der Waals surface area contributed by atoms with E-state index in [0.717, 1.165) is 30.8 Å². The molecule has 0 aromatic heterocycles. The van der Waals surface area contributed by atoms with Crippen molar-refractivity contribution in [3.05, 3.63) is 28.8 Å². The molecule has 1 aromatic rings. The molecule has 1 aliphatic heterocycles. The summed E-state index contributed by atoms with van der Waals surface area (Å²) in [6.07, 6.45) is 2.25. The van der Waals surface area contributed by atoms with Crippen molar-refractivity contribution in [1.29, 1.82) is 0 Å². The van der Waals surface area contributed by atoms with Crippen molar-refractivity contribution in [2.24, 2.45) is 5.73 Å². The van der Waals surface area contributed by atoms with Crippen LogP contribution in [-0.2, 0) is 13.0 Å². The Morgan fingerprint density at radius 1 is 1.46 bits per heavy atom. The Labute approximate surface area is 78.7 Å². The van der Waals surface area contributed by atoms with Crippen LogP contribution in [0.5, 0.6) is 5.75 Å². The van der Waals surface area contributed by atoms with Crippen molar-refractivity contribution in [2.45, 2.75) is 26.3 Å². The van der Waals surface area contributed by atoms with Crippen LogP contribution >= 0.6 is 0 Å². The summed E-state index contributed by atoms with van der Waals surface area (Å²) < 4.78 is 5.62. The van der Waals surface area contributed by atoms with Crippen LogP contribution < -0.4 is 10.5 Å². The normalized spacial score (nSPS) is 14.9. The summed E-state index contributed by atoms with van der Waals surface area (Å²) in [6.45, 7) is 3.52. The van der Waals surface area contributed by atoms with Crippen LogP contribution in [0.15, 0.2) is 12.1 Å². The second-order valence-electron chi connectivity index (χ2n) is 3.57. The van der Waals surface area contributed by atoms with Crippen molar-refractivity contribution in [2.75, 3.05) is 6.61 Å². The molecule has 2 N–H and O–H groups in total. The van der Waals surface area contributed by atoms with E-state index in [9.17, 15) is 0 Å². The zero-order valence-corrected chi connectivity index (χ0v) is 7.97. The fraction of sp³-hybridized carbons (Fsp3) is 0.455. The smallest absolute Gasteiger partial charge is 0.126 e. The third-order valence-corrected chi connectivity index (χ3v) is 2.44. The van der Waals surface area contributed by atoms with Gasteiger partial charge in [-0.2, -0.15) is 0 Å². The second-order valence-corrected chi connectivity index (χ2v) is 3.57. The van der Waals surface area contributed by atoms with Crippen LogP contribution in [0.25, 0.3) is 0 Å². The number of rotatable bonds is 1. The Balaban J connectivity index is 2.50. The van der Waals surface area contributed by atoms with Gasteiger partial charge >= 0.3 is 0 Å². The lowest BCUT2D eigenvalue weighted by Crippen LogP contribution is -2.12. The van der Waals surface area contributed by atoms with Gasteiger partial charge in [0.15, 0.2) is 0 Å². The molecule has 2 rings (SSSR count). The number of ether oxygens (including phenoxy) is 1. The van der Waals surface area contributed by atoms with Gasteiger partial charge in [0, 0.05) is 12.1 Å². The molecule has 1 heterocycles. The van der Waals surface area contributed by atoms with Crippen LogP contribution in [0.4, 0.5) is 0 Å². The molecule has 2 heteroatoms. The fourth-order valence-electron chi connectivity index (χ4n) is 1.89. The highest BCUT2D eigenvalue weighted by molar-refractivity contribution is 5.45. The molecule has 0 amide bonds. The van der Waals surface area contributed by atoms with Crippen molar-refractivity contribution in [3.8, 4) is 5.75 Å². The van der Waals surface area contributed by atoms with Gasteiger partial charge in [-0.05, 0) is 25.3 Å². The predicted molar refractivity (Wildman–Crippen MR) is 52.9 cm³/mol. The van der Waals surface area contributed by atoms with E-state index < -0.39 is 0 Å². The van der Waals surface area contributed by atoms with Crippen LogP contribution in [0, 0.1) is 6.92 Å². The van der Waals surface area contributed by atoms with Gasteiger partial charge in [0.2, 0.25) is 0 Å². The molecule has 0 saturated carbocycles. The second kappa shape index (κ2) is 3.38. The Bertz CT molecular complexity index is 303. The number of nitrogens with two attached hydrogens (primary N) is 1. The molecule has 0 aliphatic carbocycles. The number of hydrogen-bond donors (Lipinski definition) is 1. The van der Waals surface area contributed by atoms with Crippen molar-refractivity contribution < 1.29 is 4.74 Å². The number of fused-ring (bicyclic) bond motifs is 1. The van der Waals surface area contributed by atoms with Crippen LogP contribution in [0.3, 0.4) is 0 Å². The molecule has 1 aliphatic rings. The Kier molecular flexibility index (Phi) is 2.23. The summed E-state index contributed by atoms with van der Waals surface area (Å²) in [4.78, 5) is 0. The third kappa shape index (κ3) is 1.54.